The van der Waals surface area contributed by atoms with Gasteiger partial charge in [-0.3, -0.25) is 4.79 Å². The molecule has 2 bridgehead atoms. The first kappa shape index (κ1) is 12.6. The number of benzene rings is 1. The van der Waals surface area contributed by atoms with E-state index in [1.54, 1.807) is 7.11 Å². The topological polar surface area (TPSA) is 26.3 Å². The van der Waals surface area contributed by atoms with Gasteiger partial charge in [0.25, 0.3) is 0 Å². The summed E-state index contributed by atoms with van der Waals surface area (Å²) in [5, 5.41) is 0. The molecule has 0 N–H and O–H groups in total. The lowest BCUT2D eigenvalue weighted by atomic mass is 9.54. The number of rotatable bonds is 2. The minimum atomic E-state index is -0.402. The van der Waals surface area contributed by atoms with Crippen molar-refractivity contribution in [3.05, 3.63) is 42.0 Å². The molecule has 1 aromatic rings. The lowest BCUT2D eigenvalue weighted by Gasteiger charge is -2.52. The number of ether oxygens (including phenoxy) is 1. The monoisotopic (exact) mass is 256 g/mol. The van der Waals surface area contributed by atoms with Gasteiger partial charge in [-0.2, -0.15) is 0 Å². The van der Waals surface area contributed by atoms with Crippen molar-refractivity contribution < 1.29 is 9.53 Å². The number of fused-ring (bicyclic) bond motifs is 2. The molecule has 19 heavy (non-hydrogen) atoms. The Labute approximate surface area is 114 Å². The molecule has 0 amide bonds. The minimum absolute atomic E-state index is 0.196. The first-order valence-corrected chi connectivity index (χ1v) is 6.86. The largest absolute Gasteiger partial charge is 0.378 e. The molecule has 2 nitrogen and oxygen atoms in total. The Bertz CT molecular complexity index is 546. The van der Waals surface area contributed by atoms with E-state index in [0.29, 0.717) is 12.2 Å². The molecule has 3 aliphatic carbocycles. The number of Topliss-reactive ketones (excluding diaryl/α,β-unsaturated/α-hetero) is 1. The Hall–Kier alpha value is -1.41. The predicted octanol–water partition coefficient (Wildman–Crippen LogP) is 3.47. The van der Waals surface area contributed by atoms with Gasteiger partial charge in [-0.1, -0.05) is 36.4 Å². The number of carbonyl (C=O) groups is 1. The minimum Gasteiger partial charge on any atom is -0.378 e. The van der Waals surface area contributed by atoms with Crippen LogP contribution >= 0.6 is 0 Å². The Morgan fingerprint density at radius 2 is 1.89 bits per heavy atom. The molecule has 1 fully saturated rings. The van der Waals surface area contributed by atoms with E-state index in [9.17, 15) is 4.79 Å². The van der Waals surface area contributed by atoms with E-state index in [-0.39, 0.29) is 11.5 Å². The maximum Gasteiger partial charge on any atom is 0.143 e. The van der Waals surface area contributed by atoms with E-state index in [0.717, 1.165) is 6.42 Å². The summed E-state index contributed by atoms with van der Waals surface area (Å²) in [4.78, 5) is 12.5. The van der Waals surface area contributed by atoms with Gasteiger partial charge in [-0.25, -0.2) is 0 Å². The lowest BCUT2D eigenvalue weighted by Crippen LogP contribution is -2.54. The molecule has 100 valence electrons. The fraction of sp³-hybridized carbons (Fsp3) is 0.471. The van der Waals surface area contributed by atoms with Gasteiger partial charge < -0.3 is 4.74 Å². The van der Waals surface area contributed by atoms with Gasteiger partial charge in [-0.15, -0.1) is 0 Å². The average molecular weight is 256 g/mol. The van der Waals surface area contributed by atoms with Crippen LogP contribution in [0.15, 0.2) is 36.4 Å². The van der Waals surface area contributed by atoms with Crippen LogP contribution in [-0.2, 0) is 9.53 Å². The third-order valence-electron chi connectivity index (χ3n) is 5.02. The van der Waals surface area contributed by atoms with Gasteiger partial charge >= 0.3 is 0 Å². The van der Waals surface area contributed by atoms with Crippen LogP contribution in [-0.4, -0.2) is 18.5 Å². The molecule has 1 saturated carbocycles. The highest BCUT2D eigenvalue weighted by atomic mass is 16.5. The van der Waals surface area contributed by atoms with E-state index >= 15 is 0 Å². The number of allylic oxidation sites excluding steroid dienone is 1. The van der Waals surface area contributed by atoms with E-state index in [1.807, 2.05) is 18.2 Å². The van der Waals surface area contributed by atoms with Crippen LogP contribution in [0.5, 0.6) is 0 Å². The first-order valence-electron chi connectivity index (χ1n) is 6.86. The molecule has 0 saturated heterocycles. The standard InChI is InChI=1S/C17H20O2/c1-16-11-17(2,19-3)13(10-15(16)18)9-14(16)12-7-5-4-6-8-12/h4-9,13H,10-11H2,1-3H3/t13-,16+,17-/m1/s1. The van der Waals surface area contributed by atoms with Crippen LogP contribution in [0.4, 0.5) is 0 Å². The smallest absolute Gasteiger partial charge is 0.143 e. The molecule has 0 spiro atoms. The molecule has 0 aliphatic heterocycles. The summed E-state index contributed by atoms with van der Waals surface area (Å²) in [6, 6.07) is 10.3. The summed E-state index contributed by atoms with van der Waals surface area (Å²) >= 11 is 0. The van der Waals surface area contributed by atoms with E-state index in [1.165, 1.54) is 11.1 Å². The van der Waals surface area contributed by atoms with Crippen molar-refractivity contribution >= 4 is 11.4 Å². The maximum atomic E-state index is 12.5. The van der Waals surface area contributed by atoms with Crippen LogP contribution in [0.2, 0.25) is 0 Å². The number of hydrogen-bond acceptors (Lipinski definition) is 2. The Morgan fingerprint density at radius 3 is 2.53 bits per heavy atom. The van der Waals surface area contributed by atoms with Gasteiger partial charge in [0.2, 0.25) is 0 Å². The fourth-order valence-corrected chi connectivity index (χ4v) is 3.69. The zero-order valence-corrected chi connectivity index (χ0v) is 11.8. The van der Waals surface area contributed by atoms with Crippen LogP contribution in [0.25, 0.3) is 5.57 Å². The van der Waals surface area contributed by atoms with Gasteiger partial charge in [0.05, 0.1) is 11.0 Å². The second kappa shape index (κ2) is 4.04. The van der Waals surface area contributed by atoms with Crippen molar-refractivity contribution in [1.29, 1.82) is 0 Å². The van der Waals surface area contributed by atoms with Gasteiger partial charge in [-0.05, 0) is 31.4 Å². The normalized spacial score (nSPS) is 37.3. The van der Waals surface area contributed by atoms with Crippen molar-refractivity contribution in [3.8, 4) is 0 Å². The second-order valence-electron chi connectivity index (χ2n) is 6.21. The van der Waals surface area contributed by atoms with Crippen molar-refractivity contribution in [2.24, 2.45) is 11.3 Å². The highest BCUT2D eigenvalue weighted by Gasteiger charge is 2.55. The number of ketones is 1. The van der Waals surface area contributed by atoms with E-state index in [4.69, 9.17) is 4.74 Å². The summed E-state index contributed by atoms with van der Waals surface area (Å²) in [5.74, 6) is 0.551. The third kappa shape index (κ3) is 1.70. The molecular weight excluding hydrogens is 236 g/mol. The highest BCUT2D eigenvalue weighted by molar-refractivity contribution is 6.01. The number of methoxy groups -OCH3 is 1. The van der Waals surface area contributed by atoms with Crippen LogP contribution in [0.3, 0.4) is 0 Å². The molecule has 0 radical (unpaired) electrons. The summed E-state index contributed by atoms with van der Waals surface area (Å²) < 4.78 is 5.71. The zero-order valence-electron chi connectivity index (χ0n) is 11.8. The quantitative estimate of drug-likeness (QED) is 0.810. The fourth-order valence-electron chi connectivity index (χ4n) is 3.69. The zero-order chi connectivity index (χ0) is 13.7. The Balaban J connectivity index is 2.13. The first-order chi connectivity index (χ1) is 8.99. The molecule has 0 aromatic heterocycles. The van der Waals surface area contributed by atoms with Gasteiger partial charge in [0.1, 0.15) is 5.78 Å². The Kier molecular flexibility index (Phi) is 2.68. The summed E-state index contributed by atoms with van der Waals surface area (Å²) in [6.45, 7) is 4.20. The molecule has 2 heteroatoms. The predicted molar refractivity (Wildman–Crippen MR) is 75.7 cm³/mol. The van der Waals surface area contributed by atoms with Crippen molar-refractivity contribution in [3.63, 3.8) is 0 Å². The Morgan fingerprint density at radius 1 is 1.21 bits per heavy atom. The van der Waals surface area contributed by atoms with E-state index < -0.39 is 5.41 Å². The van der Waals surface area contributed by atoms with Crippen molar-refractivity contribution in [2.75, 3.05) is 7.11 Å². The maximum absolute atomic E-state index is 12.5. The van der Waals surface area contributed by atoms with Crippen LogP contribution < -0.4 is 0 Å². The molecular formula is C17H20O2. The van der Waals surface area contributed by atoms with Crippen molar-refractivity contribution in [2.45, 2.75) is 32.3 Å². The molecule has 3 atom stereocenters. The summed E-state index contributed by atoms with van der Waals surface area (Å²) in [5.41, 5.74) is 1.74. The molecule has 4 rings (SSSR count). The SMILES string of the molecule is CO[C@]1(C)C[C@]2(C)C(=O)C[C@H]1C=C2c1ccccc1. The van der Waals surface area contributed by atoms with Crippen LogP contribution in [0.1, 0.15) is 32.3 Å². The van der Waals surface area contributed by atoms with E-state index in [2.05, 4.69) is 32.1 Å². The average Bonchev–Trinajstić information content (AvgIpc) is 2.41. The third-order valence-corrected chi connectivity index (χ3v) is 5.02. The highest BCUT2D eigenvalue weighted by Crippen LogP contribution is 2.56. The molecule has 0 heterocycles. The molecule has 3 aliphatic rings. The number of hydrogen-bond donors (Lipinski definition) is 0. The number of carbonyl (C=O) groups excluding carboxylic acids is 1. The molecule has 1 aromatic carbocycles. The van der Waals surface area contributed by atoms with Crippen molar-refractivity contribution in [1.82, 2.24) is 0 Å². The van der Waals surface area contributed by atoms with Gasteiger partial charge in [0.15, 0.2) is 0 Å². The lowest BCUT2D eigenvalue weighted by molar-refractivity contribution is -0.144. The van der Waals surface area contributed by atoms with Crippen LogP contribution in [0, 0.1) is 11.3 Å². The second-order valence-corrected chi connectivity index (χ2v) is 6.21. The molecule has 0 unspecified atom stereocenters. The van der Waals surface area contributed by atoms with Gasteiger partial charge in [0, 0.05) is 19.4 Å². The summed E-state index contributed by atoms with van der Waals surface area (Å²) in [6.07, 6.45) is 3.65. The summed E-state index contributed by atoms with van der Waals surface area (Å²) in [7, 11) is 1.75.